The molecule has 2 heterocycles. The molecule has 0 radical (unpaired) electrons. The van der Waals surface area contributed by atoms with Crippen molar-refractivity contribution in [3.05, 3.63) is 78.3 Å². The van der Waals surface area contributed by atoms with Crippen LogP contribution in [0.2, 0.25) is 0 Å². The van der Waals surface area contributed by atoms with Crippen molar-refractivity contribution in [2.24, 2.45) is 10.7 Å². The lowest BCUT2D eigenvalue weighted by Gasteiger charge is -2.29. The van der Waals surface area contributed by atoms with Crippen molar-refractivity contribution in [3.8, 4) is 11.4 Å². The highest BCUT2D eigenvalue weighted by molar-refractivity contribution is 8.00. The average Bonchev–Trinajstić information content (AvgIpc) is 3.74. The zero-order valence-electron chi connectivity index (χ0n) is 21.3. The third kappa shape index (κ3) is 6.15. The Kier molecular flexibility index (Phi) is 7.90. The average molecular weight is 530 g/mol. The second-order valence-electron chi connectivity index (χ2n) is 9.11. The molecule has 1 saturated carbocycles. The molecule has 0 atom stereocenters. The van der Waals surface area contributed by atoms with Crippen LogP contribution in [0.25, 0.3) is 11.4 Å². The van der Waals surface area contributed by atoms with Gasteiger partial charge in [0.05, 0.1) is 29.4 Å². The first-order chi connectivity index (χ1) is 18.6. The molecule has 10 heteroatoms. The number of rotatable bonds is 8. The zero-order chi connectivity index (χ0) is 26.4. The van der Waals surface area contributed by atoms with Crippen molar-refractivity contribution in [1.82, 2.24) is 15.3 Å². The van der Waals surface area contributed by atoms with E-state index in [1.165, 1.54) is 17.3 Å². The van der Waals surface area contributed by atoms with Gasteiger partial charge in [-0.1, -0.05) is 18.2 Å². The predicted molar refractivity (Wildman–Crippen MR) is 153 cm³/mol. The largest absolute Gasteiger partial charge is 0.403 e. The maximum atomic E-state index is 12.3. The summed E-state index contributed by atoms with van der Waals surface area (Å²) < 4.78 is 5.52. The van der Waals surface area contributed by atoms with Crippen molar-refractivity contribution in [2.75, 3.05) is 43.6 Å². The summed E-state index contributed by atoms with van der Waals surface area (Å²) in [4.78, 5) is 29.7. The van der Waals surface area contributed by atoms with Crippen LogP contribution in [0.4, 0.5) is 16.3 Å². The van der Waals surface area contributed by atoms with Gasteiger partial charge in [-0.2, -0.15) is 0 Å². The van der Waals surface area contributed by atoms with Crippen LogP contribution >= 0.6 is 11.8 Å². The van der Waals surface area contributed by atoms with Crippen LogP contribution in [-0.2, 0) is 9.48 Å². The molecule has 2 amide bonds. The number of nitrogens with zero attached hydrogens (tertiary/aromatic N) is 4. The van der Waals surface area contributed by atoms with Crippen molar-refractivity contribution >= 4 is 35.5 Å². The second kappa shape index (κ2) is 11.7. The van der Waals surface area contributed by atoms with Crippen LogP contribution in [0.1, 0.15) is 18.5 Å². The van der Waals surface area contributed by atoms with E-state index in [2.05, 4.69) is 50.9 Å². The van der Waals surface area contributed by atoms with E-state index in [-0.39, 0.29) is 4.75 Å². The van der Waals surface area contributed by atoms with E-state index < -0.39 is 6.03 Å². The van der Waals surface area contributed by atoms with Gasteiger partial charge in [0.2, 0.25) is 0 Å². The Morgan fingerprint density at radius 3 is 2.50 bits per heavy atom. The molecule has 5 rings (SSSR count). The standard InChI is InChI=1S/C28H31N7O2S/c1-30-19-22(18-29)32-27(36)31-21-9-7-20(8-10-21)26-33-24(17-25(34-26)35-13-15-37-16-14-35)28(11-12-28)38-23-5-3-2-4-6-23/h2-10,17-19H,11-16,29H2,1H3,(H2,31,32,36). The third-order valence-electron chi connectivity index (χ3n) is 6.38. The molecule has 3 aromatic rings. The Bertz CT molecular complexity index is 1320. The fourth-order valence-corrected chi connectivity index (χ4v) is 5.50. The monoisotopic (exact) mass is 529 g/mol. The number of aromatic nitrogens is 2. The smallest absolute Gasteiger partial charge is 0.323 e. The topological polar surface area (TPSA) is 118 Å². The lowest BCUT2D eigenvalue weighted by molar-refractivity contribution is 0.122. The first kappa shape index (κ1) is 25.7. The van der Waals surface area contributed by atoms with E-state index in [0.29, 0.717) is 30.4 Å². The second-order valence-corrected chi connectivity index (χ2v) is 10.6. The number of amides is 2. The quantitative estimate of drug-likeness (QED) is 0.371. The number of carbonyl (C=O) groups excluding carboxylic acids is 1. The van der Waals surface area contributed by atoms with Gasteiger partial charge in [-0.05, 0) is 49.2 Å². The summed E-state index contributed by atoms with van der Waals surface area (Å²) in [6, 6.07) is 19.8. The van der Waals surface area contributed by atoms with Gasteiger partial charge in [-0.15, -0.1) is 11.8 Å². The van der Waals surface area contributed by atoms with Crippen molar-refractivity contribution in [2.45, 2.75) is 22.5 Å². The zero-order valence-corrected chi connectivity index (χ0v) is 22.1. The van der Waals surface area contributed by atoms with Crippen LogP contribution < -0.4 is 21.3 Å². The number of ether oxygens (including phenoxy) is 1. The van der Waals surface area contributed by atoms with E-state index in [1.54, 1.807) is 7.05 Å². The summed E-state index contributed by atoms with van der Waals surface area (Å²) in [6.07, 6.45) is 4.91. The lowest BCUT2D eigenvalue weighted by Crippen LogP contribution is -2.37. The van der Waals surface area contributed by atoms with E-state index in [1.807, 2.05) is 42.1 Å². The Morgan fingerprint density at radius 1 is 1.11 bits per heavy atom. The van der Waals surface area contributed by atoms with Gasteiger partial charge in [-0.25, -0.2) is 14.8 Å². The molecule has 2 aliphatic rings. The molecule has 38 heavy (non-hydrogen) atoms. The molecule has 2 fully saturated rings. The highest BCUT2D eigenvalue weighted by Crippen LogP contribution is 2.59. The number of thioether (sulfide) groups is 1. The normalized spacial score (nSPS) is 16.9. The number of hydrogen-bond donors (Lipinski definition) is 3. The summed E-state index contributed by atoms with van der Waals surface area (Å²) in [5.41, 5.74) is 8.50. The van der Waals surface area contributed by atoms with E-state index in [0.717, 1.165) is 43.0 Å². The van der Waals surface area contributed by atoms with E-state index in [9.17, 15) is 4.79 Å². The number of carbonyl (C=O) groups is 1. The van der Waals surface area contributed by atoms with Crippen LogP contribution in [0.5, 0.6) is 0 Å². The van der Waals surface area contributed by atoms with Gasteiger partial charge in [0, 0.05) is 54.8 Å². The number of aliphatic imine (C=N–C) groups is 1. The molecule has 0 spiro atoms. The molecule has 1 aliphatic heterocycles. The van der Waals surface area contributed by atoms with Gasteiger partial charge in [0.15, 0.2) is 5.82 Å². The van der Waals surface area contributed by atoms with Gasteiger partial charge in [-0.3, -0.25) is 4.99 Å². The lowest BCUT2D eigenvalue weighted by atomic mass is 10.1. The fourth-order valence-electron chi connectivity index (χ4n) is 4.24. The Morgan fingerprint density at radius 2 is 1.84 bits per heavy atom. The fraction of sp³-hybridized carbons (Fsp3) is 0.286. The minimum atomic E-state index is -0.407. The minimum absolute atomic E-state index is 0.0460. The van der Waals surface area contributed by atoms with E-state index >= 15 is 0 Å². The number of nitrogens with two attached hydrogens (primary N) is 1. The van der Waals surface area contributed by atoms with Crippen molar-refractivity contribution in [3.63, 3.8) is 0 Å². The summed E-state index contributed by atoms with van der Waals surface area (Å²) in [7, 11) is 1.61. The third-order valence-corrected chi connectivity index (χ3v) is 7.90. The molecular weight excluding hydrogens is 498 g/mol. The number of urea groups is 1. The molecule has 9 nitrogen and oxygen atoms in total. The summed E-state index contributed by atoms with van der Waals surface area (Å²) in [5.74, 6) is 1.60. The first-order valence-corrected chi connectivity index (χ1v) is 13.4. The van der Waals surface area contributed by atoms with Crippen LogP contribution in [-0.4, -0.2) is 55.6 Å². The van der Waals surface area contributed by atoms with Gasteiger partial charge in [0.1, 0.15) is 5.82 Å². The summed E-state index contributed by atoms with van der Waals surface area (Å²) in [5, 5.41) is 5.46. The number of allylic oxidation sites excluding steroid dienone is 1. The Balaban J connectivity index is 1.40. The first-order valence-electron chi connectivity index (χ1n) is 12.6. The van der Waals surface area contributed by atoms with Crippen molar-refractivity contribution < 1.29 is 9.53 Å². The van der Waals surface area contributed by atoms with Gasteiger partial charge in [0.25, 0.3) is 0 Å². The number of hydrogen-bond acceptors (Lipinski definition) is 8. The molecule has 1 aromatic heterocycles. The van der Waals surface area contributed by atoms with Gasteiger partial charge < -0.3 is 26.0 Å². The van der Waals surface area contributed by atoms with Crippen LogP contribution in [0.3, 0.4) is 0 Å². The number of anilines is 2. The maximum Gasteiger partial charge on any atom is 0.323 e. The minimum Gasteiger partial charge on any atom is -0.403 e. The maximum absolute atomic E-state index is 12.3. The van der Waals surface area contributed by atoms with Crippen LogP contribution in [0, 0.1) is 0 Å². The molecule has 0 bridgehead atoms. The molecule has 0 unspecified atom stereocenters. The number of benzene rings is 2. The Labute approximate surface area is 226 Å². The molecule has 4 N–H and O–H groups in total. The summed E-state index contributed by atoms with van der Waals surface area (Å²) >= 11 is 1.88. The van der Waals surface area contributed by atoms with Gasteiger partial charge >= 0.3 is 6.03 Å². The molecule has 196 valence electrons. The Hall–Kier alpha value is -3.89. The molecule has 2 aromatic carbocycles. The SMILES string of the molecule is CN=CC(=CN)NC(=O)Nc1ccc(-c2nc(N3CCOCC3)cc(C3(Sc4ccccc4)CC3)n2)cc1. The highest BCUT2D eigenvalue weighted by atomic mass is 32.2. The van der Waals surface area contributed by atoms with E-state index in [4.69, 9.17) is 20.4 Å². The molecular formula is C28H31N7O2S. The number of morpholine rings is 1. The van der Waals surface area contributed by atoms with Crippen LogP contribution in [0.15, 0.2) is 82.4 Å². The predicted octanol–water partition coefficient (Wildman–Crippen LogP) is 4.38. The molecule has 1 aliphatic carbocycles. The number of nitrogens with one attached hydrogen (secondary N) is 2. The van der Waals surface area contributed by atoms with Crippen molar-refractivity contribution in [1.29, 1.82) is 0 Å². The molecule has 1 saturated heterocycles. The highest BCUT2D eigenvalue weighted by Gasteiger charge is 2.47. The summed E-state index contributed by atoms with van der Waals surface area (Å²) in [6.45, 7) is 2.97.